The Morgan fingerprint density at radius 2 is 1.84 bits per heavy atom. The molecule has 1 unspecified atom stereocenters. The van der Waals surface area contributed by atoms with Crippen LogP contribution >= 0.6 is 0 Å². The van der Waals surface area contributed by atoms with Crippen molar-refractivity contribution in [2.75, 3.05) is 13.6 Å². The zero-order chi connectivity index (χ0) is 14.3. The zero-order valence-electron chi connectivity index (χ0n) is 12.5. The number of carbonyl (C=O) groups is 1. The Morgan fingerprint density at radius 3 is 2.37 bits per heavy atom. The van der Waals surface area contributed by atoms with Crippen LogP contribution in [0.1, 0.15) is 45.2 Å². The Hall–Kier alpha value is -1.35. The van der Waals surface area contributed by atoms with Crippen molar-refractivity contribution >= 4 is 5.91 Å². The zero-order valence-corrected chi connectivity index (χ0v) is 12.5. The Labute approximate surface area is 116 Å². The lowest BCUT2D eigenvalue weighted by Gasteiger charge is -2.27. The molecular weight excluding hydrogens is 236 g/mol. The van der Waals surface area contributed by atoms with Gasteiger partial charge in [0.2, 0.25) is 5.91 Å². The average molecular weight is 262 g/mol. The molecule has 0 bridgehead atoms. The topological polar surface area (TPSA) is 41.1 Å². The molecule has 0 radical (unpaired) electrons. The molecule has 1 rings (SSSR count). The minimum Gasteiger partial charge on any atom is -0.349 e. The number of amides is 1. The van der Waals surface area contributed by atoms with Crippen LogP contribution in [0.3, 0.4) is 0 Å². The highest BCUT2D eigenvalue weighted by atomic mass is 16.1. The maximum absolute atomic E-state index is 11.9. The lowest BCUT2D eigenvalue weighted by molar-refractivity contribution is -0.121. The van der Waals surface area contributed by atoms with Gasteiger partial charge in [0.15, 0.2) is 0 Å². The molecule has 0 spiro atoms. The van der Waals surface area contributed by atoms with Crippen molar-refractivity contribution in [3.63, 3.8) is 0 Å². The quantitative estimate of drug-likeness (QED) is 0.827. The Kier molecular flexibility index (Phi) is 6.03. The van der Waals surface area contributed by atoms with Gasteiger partial charge in [-0.1, -0.05) is 51.1 Å². The average Bonchev–Trinajstić information content (AvgIpc) is 2.35. The fourth-order valence-electron chi connectivity index (χ4n) is 2.05. The van der Waals surface area contributed by atoms with Gasteiger partial charge in [0.05, 0.1) is 6.04 Å². The summed E-state index contributed by atoms with van der Waals surface area (Å²) < 4.78 is 0. The van der Waals surface area contributed by atoms with Crippen LogP contribution in [-0.4, -0.2) is 19.5 Å². The van der Waals surface area contributed by atoms with E-state index in [4.69, 9.17) is 0 Å². The molecule has 3 nitrogen and oxygen atoms in total. The lowest BCUT2D eigenvalue weighted by Crippen LogP contribution is -2.32. The lowest BCUT2D eigenvalue weighted by atomic mass is 9.85. The summed E-state index contributed by atoms with van der Waals surface area (Å²) in [4.78, 5) is 11.9. The second-order valence-corrected chi connectivity index (χ2v) is 6.15. The standard InChI is InChI=1S/C16H26N2O/c1-16(2,3)12-14(13-8-6-5-7-9-13)18-15(19)10-11-17-4/h5-9,14,17H,10-12H2,1-4H3,(H,18,19). The van der Waals surface area contributed by atoms with Crippen molar-refractivity contribution in [1.82, 2.24) is 10.6 Å². The first-order valence-corrected chi connectivity index (χ1v) is 6.91. The van der Waals surface area contributed by atoms with Crippen molar-refractivity contribution in [2.24, 2.45) is 5.41 Å². The van der Waals surface area contributed by atoms with E-state index in [1.54, 1.807) is 0 Å². The number of carbonyl (C=O) groups excluding carboxylic acids is 1. The smallest absolute Gasteiger partial charge is 0.221 e. The van der Waals surface area contributed by atoms with Gasteiger partial charge in [-0.15, -0.1) is 0 Å². The van der Waals surface area contributed by atoms with Crippen LogP contribution in [-0.2, 0) is 4.79 Å². The first kappa shape index (κ1) is 15.7. The van der Waals surface area contributed by atoms with Crippen LogP contribution in [0.25, 0.3) is 0 Å². The molecule has 0 heterocycles. The van der Waals surface area contributed by atoms with Gasteiger partial charge in [-0.25, -0.2) is 0 Å². The molecule has 1 amide bonds. The summed E-state index contributed by atoms with van der Waals surface area (Å²) in [6.07, 6.45) is 1.45. The third-order valence-electron chi connectivity index (χ3n) is 2.96. The highest BCUT2D eigenvalue weighted by Crippen LogP contribution is 2.29. The molecule has 0 saturated carbocycles. The fraction of sp³-hybridized carbons (Fsp3) is 0.562. The largest absolute Gasteiger partial charge is 0.349 e. The van der Waals surface area contributed by atoms with Crippen molar-refractivity contribution in [2.45, 2.75) is 39.7 Å². The van der Waals surface area contributed by atoms with Crippen molar-refractivity contribution < 1.29 is 4.79 Å². The van der Waals surface area contributed by atoms with Gasteiger partial charge in [-0.05, 0) is 24.4 Å². The summed E-state index contributed by atoms with van der Waals surface area (Å²) in [5.41, 5.74) is 1.35. The first-order valence-electron chi connectivity index (χ1n) is 6.91. The highest BCUT2D eigenvalue weighted by molar-refractivity contribution is 5.76. The van der Waals surface area contributed by atoms with E-state index >= 15 is 0 Å². The van der Waals surface area contributed by atoms with Crippen LogP contribution in [0.2, 0.25) is 0 Å². The monoisotopic (exact) mass is 262 g/mol. The molecule has 1 atom stereocenters. The summed E-state index contributed by atoms with van der Waals surface area (Å²) in [6.45, 7) is 7.30. The number of rotatable bonds is 6. The molecule has 1 aromatic carbocycles. The molecular formula is C16H26N2O. The summed E-state index contributed by atoms with van der Waals surface area (Å²) in [6, 6.07) is 10.3. The first-order chi connectivity index (χ1) is 8.92. The van der Waals surface area contributed by atoms with Gasteiger partial charge in [0.25, 0.3) is 0 Å². The normalized spacial score (nSPS) is 13.1. The third kappa shape index (κ3) is 6.39. The summed E-state index contributed by atoms with van der Waals surface area (Å²) in [7, 11) is 1.86. The van der Waals surface area contributed by atoms with Crippen LogP contribution in [0, 0.1) is 5.41 Å². The highest BCUT2D eigenvalue weighted by Gasteiger charge is 2.21. The van der Waals surface area contributed by atoms with Crippen molar-refractivity contribution in [1.29, 1.82) is 0 Å². The van der Waals surface area contributed by atoms with Gasteiger partial charge >= 0.3 is 0 Å². The maximum Gasteiger partial charge on any atom is 0.221 e. The van der Waals surface area contributed by atoms with Gasteiger partial charge in [0.1, 0.15) is 0 Å². The second kappa shape index (κ2) is 7.29. The third-order valence-corrected chi connectivity index (χ3v) is 2.96. The van der Waals surface area contributed by atoms with E-state index in [2.05, 4.69) is 43.5 Å². The summed E-state index contributed by atoms with van der Waals surface area (Å²) >= 11 is 0. The number of benzene rings is 1. The molecule has 2 N–H and O–H groups in total. The predicted octanol–water partition coefficient (Wildman–Crippen LogP) is 2.89. The Morgan fingerprint density at radius 1 is 1.21 bits per heavy atom. The van der Waals surface area contributed by atoms with E-state index in [-0.39, 0.29) is 17.4 Å². The van der Waals surface area contributed by atoms with E-state index in [9.17, 15) is 4.79 Å². The molecule has 1 aromatic rings. The summed E-state index contributed by atoms with van der Waals surface area (Å²) in [5.74, 6) is 0.104. The second-order valence-electron chi connectivity index (χ2n) is 6.15. The molecule has 0 aliphatic rings. The fourth-order valence-corrected chi connectivity index (χ4v) is 2.05. The predicted molar refractivity (Wildman–Crippen MR) is 79.9 cm³/mol. The van der Waals surface area contributed by atoms with Crippen LogP contribution in [0.4, 0.5) is 0 Å². The SMILES string of the molecule is CNCCC(=O)NC(CC(C)(C)C)c1ccccc1. The van der Waals surface area contributed by atoms with Crippen molar-refractivity contribution in [3.05, 3.63) is 35.9 Å². The molecule has 3 heteroatoms. The molecule has 106 valence electrons. The number of hydrogen-bond donors (Lipinski definition) is 2. The van der Waals surface area contributed by atoms with Crippen LogP contribution in [0.15, 0.2) is 30.3 Å². The van der Waals surface area contributed by atoms with Crippen molar-refractivity contribution in [3.8, 4) is 0 Å². The molecule has 0 fully saturated rings. The van der Waals surface area contributed by atoms with E-state index in [1.807, 2.05) is 25.2 Å². The number of nitrogens with one attached hydrogen (secondary N) is 2. The van der Waals surface area contributed by atoms with Gasteiger partial charge < -0.3 is 10.6 Å². The minimum atomic E-state index is 0.0885. The molecule has 0 aliphatic heterocycles. The summed E-state index contributed by atoms with van der Waals surface area (Å²) in [5, 5.41) is 6.14. The van der Waals surface area contributed by atoms with E-state index < -0.39 is 0 Å². The van der Waals surface area contributed by atoms with Crippen LogP contribution in [0.5, 0.6) is 0 Å². The Bertz CT molecular complexity index is 381. The molecule has 0 aromatic heterocycles. The number of hydrogen-bond acceptors (Lipinski definition) is 2. The van der Waals surface area contributed by atoms with Gasteiger partial charge in [-0.2, -0.15) is 0 Å². The molecule has 0 aliphatic carbocycles. The van der Waals surface area contributed by atoms with E-state index in [1.165, 1.54) is 5.56 Å². The van der Waals surface area contributed by atoms with Crippen LogP contribution < -0.4 is 10.6 Å². The minimum absolute atomic E-state index is 0.0885. The van der Waals surface area contributed by atoms with Gasteiger partial charge in [-0.3, -0.25) is 4.79 Å². The van der Waals surface area contributed by atoms with Gasteiger partial charge in [0, 0.05) is 13.0 Å². The Balaban J connectivity index is 2.73. The molecule has 19 heavy (non-hydrogen) atoms. The maximum atomic E-state index is 11.9. The van der Waals surface area contributed by atoms with E-state index in [0.29, 0.717) is 13.0 Å². The van der Waals surface area contributed by atoms with E-state index in [0.717, 1.165) is 6.42 Å². The molecule has 0 saturated heterocycles.